The summed E-state index contributed by atoms with van der Waals surface area (Å²) in [6, 6.07) is 14.1. The fourth-order valence-corrected chi connectivity index (χ4v) is 3.79. The number of rotatable bonds is 5. The number of halogens is 2. The van der Waals surface area contributed by atoms with E-state index in [4.69, 9.17) is 11.6 Å². The molecule has 5 nitrogen and oxygen atoms in total. The monoisotopic (exact) mass is 412 g/mol. The Hall–Kier alpha value is -2.70. The molecule has 4 rings (SSSR count). The van der Waals surface area contributed by atoms with Crippen LogP contribution in [0.25, 0.3) is 0 Å². The largest absolute Gasteiger partial charge is 0.336 e. The number of carbonyl (C=O) groups excluding carboxylic acids is 1. The van der Waals surface area contributed by atoms with Crippen molar-refractivity contribution in [3.8, 4) is 0 Å². The van der Waals surface area contributed by atoms with E-state index in [1.54, 1.807) is 12.3 Å². The lowest BCUT2D eigenvalue weighted by atomic mass is 10.1. The third kappa shape index (κ3) is 4.83. The first-order valence-corrected chi connectivity index (χ1v) is 9.98. The van der Waals surface area contributed by atoms with Gasteiger partial charge in [0.1, 0.15) is 5.82 Å². The molecule has 150 valence electrons. The summed E-state index contributed by atoms with van der Waals surface area (Å²) in [6.45, 7) is 4.11. The Morgan fingerprint density at radius 2 is 1.86 bits per heavy atom. The number of hydrogen-bond acceptors (Lipinski definition) is 3. The lowest BCUT2D eigenvalue weighted by molar-refractivity contribution is 0.0628. The van der Waals surface area contributed by atoms with Crippen LogP contribution in [0.1, 0.15) is 21.5 Å². The minimum atomic E-state index is -0.330. The van der Waals surface area contributed by atoms with Crippen molar-refractivity contribution in [1.29, 1.82) is 0 Å². The zero-order chi connectivity index (χ0) is 20.2. The molecule has 3 aromatic rings. The van der Waals surface area contributed by atoms with Crippen LogP contribution < -0.4 is 0 Å². The van der Waals surface area contributed by atoms with Crippen molar-refractivity contribution in [3.05, 3.63) is 88.5 Å². The van der Waals surface area contributed by atoms with Gasteiger partial charge in [0.25, 0.3) is 5.91 Å². The average Bonchev–Trinajstić information content (AvgIpc) is 3.23. The highest BCUT2D eigenvalue weighted by atomic mass is 35.5. The van der Waals surface area contributed by atoms with Crippen molar-refractivity contribution in [2.75, 3.05) is 26.2 Å². The van der Waals surface area contributed by atoms with Crippen LogP contribution in [-0.4, -0.2) is 51.7 Å². The van der Waals surface area contributed by atoms with Gasteiger partial charge >= 0.3 is 0 Å². The van der Waals surface area contributed by atoms with Crippen molar-refractivity contribution in [3.63, 3.8) is 0 Å². The molecule has 0 radical (unpaired) electrons. The van der Waals surface area contributed by atoms with Gasteiger partial charge in [-0.25, -0.2) is 4.39 Å². The highest BCUT2D eigenvalue weighted by Crippen LogP contribution is 2.20. The van der Waals surface area contributed by atoms with Crippen molar-refractivity contribution in [2.24, 2.45) is 0 Å². The Balaban J connectivity index is 1.35. The van der Waals surface area contributed by atoms with E-state index in [0.29, 0.717) is 36.8 Å². The number of nitrogens with zero attached hydrogens (tertiary/aromatic N) is 4. The average molecular weight is 413 g/mol. The van der Waals surface area contributed by atoms with Gasteiger partial charge in [-0.1, -0.05) is 29.8 Å². The summed E-state index contributed by atoms with van der Waals surface area (Å²) in [6.07, 6.45) is 3.65. The van der Waals surface area contributed by atoms with Crippen molar-refractivity contribution in [2.45, 2.75) is 13.1 Å². The molecule has 0 N–H and O–H groups in total. The molecular formula is C22H22ClFN4O. The fraction of sp³-hybridized carbons (Fsp3) is 0.273. The number of aromatic nitrogens is 2. The molecule has 1 amide bonds. The summed E-state index contributed by atoms with van der Waals surface area (Å²) < 4.78 is 15.1. The third-order valence-electron chi connectivity index (χ3n) is 5.15. The van der Waals surface area contributed by atoms with Crippen molar-refractivity contribution >= 4 is 17.5 Å². The van der Waals surface area contributed by atoms with E-state index in [9.17, 15) is 9.18 Å². The zero-order valence-electron chi connectivity index (χ0n) is 16.0. The van der Waals surface area contributed by atoms with Crippen LogP contribution in [0.5, 0.6) is 0 Å². The predicted molar refractivity (Wildman–Crippen MR) is 110 cm³/mol. The molecule has 1 aromatic heterocycles. The quantitative estimate of drug-likeness (QED) is 0.642. The fourth-order valence-electron chi connectivity index (χ4n) is 3.57. The van der Waals surface area contributed by atoms with E-state index >= 15 is 0 Å². The maximum absolute atomic E-state index is 13.2. The molecule has 0 saturated carbocycles. The summed E-state index contributed by atoms with van der Waals surface area (Å²) >= 11 is 6.14. The molecule has 29 heavy (non-hydrogen) atoms. The molecule has 0 spiro atoms. The highest BCUT2D eigenvalue weighted by molar-refractivity contribution is 6.31. The molecule has 2 heterocycles. The number of benzene rings is 2. The molecule has 0 atom stereocenters. The van der Waals surface area contributed by atoms with Gasteiger partial charge in [-0.15, -0.1) is 0 Å². The van der Waals surface area contributed by atoms with Crippen LogP contribution in [-0.2, 0) is 13.1 Å². The molecule has 1 aliphatic heterocycles. The van der Waals surface area contributed by atoms with Gasteiger partial charge in [0.05, 0.1) is 6.54 Å². The Labute approximate surface area is 174 Å². The molecule has 7 heteroatoms. The smallest absolute Gasteiger partial charge is 0.253 e. The number of piperazine rings is 1. The highest BCUT2D eigenvalue weighted by Gasteiger charge is 2.22. The van der Waals surface area contributed by atoms with E-state index in [-0.39, 0.29) is 11.7 Å². The number of hydrogen-bond donors (Lipinski definition) is 0. The molecule has 0 bridgehead atoms. The summed E-state index contributed by atoms with van der Waals surface area (Å²) in [5.41, 5.74) is 2.65. The lowest BCUT2D eigenvalue weighted by Gasteiger charge is -2.35. The first-order valence-electron chi connectivity index (χ1n) is 9.60. The molecule has 0 aliphatic carbocycles. The van der Waals surface area contributed by atoms with Crippen molar-refractivity contribution < 1.29 is 9.18 Å². The SMILES string of the molecule is O=C(c1cccc(Cn2cccn2)c1)N1CCN(Cc2ccc(F)cc2Cl)CC1. The second-order valence-corrected chi connectivity index (χ2v) is 7.62. The lowest BCUT2D eigenvalue weighted by Crippen LogP contribution is -2.48. The summed E-state index contributed by atoms with van der Waals surface area (Å²) in [7, 11) is 0. The van der Waals surface area contributed by atoms with E-state index in [1.165, 1.54) is 12.1 Å². The standard InChI is InChI=1S/C22H22ClFN4O/c23-21-14-20(24)6-5-19(21)16-26-9-11-27(12-10-26)22(29)18-4-1-3-17(13-18)15-28-8-2-7-25-28/h1-8,13-14H,9-12,15-16H2. The summed E-state index contributed by atoms with van der Waals surface area (Å²) in [4.78, 5) is 17.1. The number of amides is 1. The molecule has 2 aromatic carbocycles. The maximum atomic E-state index is 13.2. The van der Waals surface area contributed by atoms with E-state index in [0.717, 1.165) is 24.2 Å². The van der Waals surface area contributed by atoms with E-state index in [2.05, 4.69) is 10.00 Å². The Morgan fingerprint density at radius 1 is 1.03 bits per heavy atom. The van der Waals surface area contributed by atoms with Gasteiger partial charge in [-0.05, 0) is 41.5 Å². The van der Waals surface area contributed by atoms with Gasteiger partial charge in [0.2, 0.25) is 0 Å². The third-order valence-corrected chi connectivity index (χ3v) is 5.50. The predicted octanol–water partition coefficient (Wildman–Crippen LogP) is 3.68. The van der Waals surface area contributed by atoms with Gasteiger partial charge in [0, 0.05) is 55.7 Å². The number of carbonyl (C=O) groups is 1. The van der Waals surface area contributed by atoms with Gasteiger partial charge in [-0.2, -0.15) is 5.10 Å². The van der Waals surface area contributed by atoms with E-state index < -0.39 is 0 Å². The van der Waals surface area contributed by atoms with Crippen LogP contribution in [0.4, 0.5) is 4.39 Å². The second kappa shape index (κ2) is 8.76. The van der Waals surface area contributed by atoms with Crippen LogP contribution in [0.15, 0.2) is 60.9 Å². The summed E-state index contributed by atoms with van der Waals surface area (Å²) in [5.74, 6) is -0.282. The first kappa shape index (κ1) is 19.6. The van der Waals surface area contributed by atoms with Crippen LogP contribution in [0.3, 0.4) is 0 Å². The van der Waals surface area contributed by atoms with Crippen LogP contribution in [0.2, 0.25) is 5.02 Å². The van der Waals surface area contributed by atoms with Gasteiger partial charge in [-0.3, -0.25) is 14.4 Å². The Morgan fingerprint density at radius 3 is 2.59 bits per heavy atom. The van der Waals surface area contributed by atoms with Crippen LogP contribution >= 0.6 is 11.6 Å². The topological polar surface area (TPSA) is 41.4 Å². The Bertz CT molecular complexity index is 984. The Kier molecular flexibility index (Phi) is 5.92. The molecule has 1 saturated heterocycles. The minimum Gasteiger partial charge on any atom is -0.336 e. The zero-order valence-corrected chi connectivity index (χ0v) is 16.7. The normalized spacial score (nSPS) is 14.9. The van der Waals surface area contributed by atoms with E-state index in [1.807, 2.05) is 46.1 Å². The first-order chi connectivity index (χ1) is 14.1. The second-order valence-electron chi connectivity index (χ2n) is 7.21. The molecular weight excluding hydrogens is 391 g/mol. The molecule has 0 unspecified atom stereocenters. The maximum Gasteiger partial charge on any atom is 0.253 e. The van der Waals surface area contributed by atoms with Gasteiger partial charge < -0.3 is 4.90 Å². The summed E-state index contributed by atoms with van der Waals surface area (Å²) in [5, 5.41) is 4.66. The molecule has 1 aliphatic rings. The molecule has 1 fully saturated rings. The van der Waals surface area contributed by atoms with Crippen LogP contribution in [0, 0.1) is 5.82 Å². The minimum absolute atomic E-state index is 0.0479. The van der Waals surface area contributed by atoms with Gasteiger partial charge in [0.15, 0.2) is 0 Å². The van der Waals surface area contributed by atoms with Crippen molar-refractivity contribution in [1.82, 2.24) is 19.6 Å².